The van der Waals surface area contributed by atoms with Gasteiger partial charge in [0.2, 0.25) is 4.69 Å². The van der Waals surface area contributed by atoms with Crippen molar-refractivity contribution in [3.63, 3.8) is 0 Å². The van der Waals surface area contributed by atoms with Gasteiger partial charge in [-0.05, 0) is 40.9 Å². The van der Waals surface area contributed by atoms with Crippen molar-refractivity contribution in [3.05, 3.63) is 39.4 Å². The maximum Gasteiger partial charge on any atom is 0.272 e. The minimum absolute atomic E-state index is 0.107. The van der Waals surface area contributed by atoms with Crippen LogP contribution in [0.1, 0.15) is 61.4 Å². The number of halogens is 1. The number of benzene rings is 1. The van der Waals surface area contributed by atoms with Crippen molar-refractivity contribution in [1.29, 1.82) is 0 Å². The first-order valence-electron chi connectivity index (χ1n) is 7.03. The summed E-state index contributed by atoms with van der Waals surface area (Å²) in [6.45, 7) is 2.17. The standard InChI is InChI=1S/C15H20BrNO3/c1-2-3-4-5-6-7-8-12-11-13(15(16)18)9-10-14(12)17(19)20/h9-11H,2-8H2,1H3. The molecule has 0 aliphatic rings. The van der Waals surface area contributed by atoms with E-state index in [0.717, 1.165) is 12.8 Å². The Hall–Kier alpha value is -1.23. The average molecular weight is 342 g/mol. The van der Waals surface area contributed by atoms with E-state index in [0.29, 0.717) is 17.5 Å². The molecule has 0 aromatic heterocycles. The van der Waals surface area contributed by atoms with Crippen LogP contribution in [-0.2, 0) is 6.42 Å². The molecule has 0 heterocycles. The number of rotatable bonds is 9. The van der Waals surface area contributed by atoms with Crippen molar-refractivity contribution >= 4 is 26.3 Å². The summed E-state index contributed by atoms with van der Waals surface area (Å²) in [7, 11) is 0. The molecule has 0 atom stereocenters. The second-order valence-corrected chi connectivity index (χ2v) is 5.61. The second kappa shape index (κ2) is 8.84. The fraction of sp³-hybridized carbons (Fsp3) is 0.533. The Morgan fingerprint density at radius 2 is 1.85 bits per heavy atom. The number of nitro groups is 1. The summed E-state index contributed by atoms with van der Waals surface area (Å²) in [5, 5.41) is 11.0. The fourth-order valence-electron chi connectivity index (χ4n) is 2.18. The van der Waals surface area contributed by atoms with Crippen molar-refractivity contribution in [1.82, 2.24) is 0 Å². The SMILES string of the molecule is CCCCCCCCc1cc(C(=O)Br)ccc1[N+](=O)[O-]. The van der Waals surface area contributed by atoms with Crippen LogP contribution in [0, 0.1) is 10.1 Å². The van der Waals surface area contributed by atoms with Crippen LogP contribution in [-0.4, -0.2) is 9.62 Å². The van der Waals surface area contributed by atoms with E-state index < -0.39 is 0 Å². The molecule has 4 nitrogen and oxygen atoms in total. The summed E-state index contributed by atoms with van der Waals surface area (Å²) >= 11 is 2.88. The lowest BCUT2D eigenvalue weighted by Crippen LogP contribution is -1.99. The van der Waals surface area contributed by atoms with Crippen molar-refractivity contribution in [3.8, 4) is 0 Å². The number of nitro benzene ring substituents is 1. The van der Waals surface area contributed by atoms with E-state index in [1.54, 1.807) is 6.07 Å². The predicted octanol–water partition coefficient (Wildman–Crippen LogP) is 5.03. The van der Waals surface area contributed by atoms with Gasteiger partial charge in [-0.2, -0.15) is 0 Å². The van der Waals surface area contributed by atoms with Gasteiger partial charge in [0, 0.05) is 17.2 Å². The van der Waals surface area contributed by atoms with Crippen LogP contribution in [0.3, 0.4) is 0 Å². The molecule has 0 spiro atoms. The quantitative estimate of drug-likeness (QED) is 0.274. The molecular formula is C15H20BrNO3. The Morgan fingerprint density at radius 3 is 2.45 bits per heavy atom. The van der Waals surface area contributed by atoms with Gasteiger partial charge in [0.05, 0.1) is 4.92 Å². The third-order valence-electron chi connectivity index (χ3n) is 3.30. The number of hydrogen-bond acceptors (Lipinski definition) is 3. The first kappa shape index (κ1) is 16.8. The van der Waals surface area contributed by atoms with Gasteiger partial charge >= 0.3 is 0 Å². The van der Waals surface area contributed by atoms with E-state index >= 15 is 0 Å². The van der Waals surface area contributed by atoms with Crippen molar-refractivity contribution in [2.75, 3.05) is 0 Å². The van der Waals surface area contributed by atoms with E-state index in [4.69, 9.17) is 0 Å². The van der Waals surface area contributed by atoms with Gasteiger partial charge in [0.25, 0.3) is 5.69 Å². The number of hydrogen-bond donors (Lipinski definition) is 0. The zero-order valence-electron chi connectivity index (χ0n) is 11.7. The summed E-state index contributed by atoms with van der Waals surface area (Å²) in [4.78, 5) is 21.9. The van der Waals surface area contributed by atoms with Crippen LogP contribution in [0.5, 0.6) is 0 Å². The largest absolute Gasteiger partial charge is 0.281 e. The van der Waals surface area contributed by atoms with Crippen molar-refractivity contribution < 1.29 is 9.72 Å². The maximum absolute atomic E-state index is 11.3. The molecular weight excluding hydrogens is 322 g/mol. The molecule has 110 valence electrons. The molecule has 0 aliphatic heterocycles. The Morgan fingerprint density at radius 1 is 1.20 bits per heavy atom. The molecule has 0 N–H and O–H groups in total. The Labute approximate surface area is 127 Å². The van der Waals surface area contributed by atoms with Gasteiger partial charge in [-0.15, -0.1) is 0 Å². The van der Waals surface area contributed by atoms with Gasteiger partial charge in [0.15, 0.2) is 0 Å². The second-order valence-electron chi connectivity index (χ2n) is 4.89. The zero-order chi connectivity index (χ0) is 15.0. The molecule has 0 radical (unpaired) electrons. The van der Waals surface area contributed by atoms with Gasteiger partial charge in [-0.1, -0.05) is 39.0 Å². The molecule has 1 aromatic carbocycles. The summed E-state index contributed by atoms with van der Waals surface area (Å²) < 4.78 is -0.239. The monoisotopic (exact) mass is 341 g/mol. The minimum Gasteiger partial charge on any atom is -0.281 e. The average Bonchev–Trinajstić information content (AvgIpc) is 2.42. The molecule has 0 amide bonds. The molecule has 0 saturated carbocycles. The van der Waals surface area contributed by atoms with E-state index in [-0.39, 0.29) is 15.3 Å². The van der Waals surface area contributed by atoms with E-state index in [9.17, 15) is 14.9 Å². The van der Waals surface area contributed by atoms with E-state index in [1.165, 1.54) is 37.8 Å². The smallest absolute Gasteiger partial charge is 0.272 e. The van der Waals surface area contributed by atoms with Gasteiger partial charge in [-0.3, -0.25) is 14.9 Å². The van der Waals surface area contributed by atoms with Crippen LogP contribution >= 0.6 is 15.9 Å². The lowest BCUT2D eigenvalue weighted by molar-refractivity contribution is -0.385. The van der Waals surface area contributed by atoms with Crippen LogP contribution in [0.15, 0.2) is 18.2 Å². The van der Waals surface area contributed by atoms with Crippen molar-refractivity contribution in [2.45, 2.75) is 51.9 Å². The summed E-state index contributed by atoms with van der Waals surface area (Å²) in [6, 6.07) is 4.53. The number of nitrogens with zero attached hydrogens (tertiary/aromatic N) is 1. The number of carbonyl (C=O) groups excluding carboxylic acids is 1. The summed E-state index contributed by atoms with van der Waals surface area (Å²) in [6.07, 6.45) is 7.48. The zero-order valence-corrected chi connectivity index (χ0v) is 13.3. The number of carbonyl (C=O) groups is 1. The molecule has 1 rings (SSSR count). The van der Waals surface area contributed by atoms with Gasteiger partial charge in [-0.25, -0.2) is 0 Å². The summed E-state index contributed by atoms with van der Waals surface area (Å²) in [5.74, 6) is 0. The van der Waals surface area contributed by atoms with E-state index in [1.807, 2.05) is 0 Å². The first-order chi connectivity index (χ1) is 9.56. The molecule has 20 heavy (non-hydrogen) atoms. The highest BCUT2D eigenvalue weighted by molar-refractivity contribution is 9.18. The maximum atomic E-state index is 11.3. The third kappa shape index (κ3) is 5.41. The molecule has 0 bridgehead atoms. The number of unbranched alkanes of at least 4 members (excludes halogenated alkanes) is 5. The van der Waals surface area contributed by atoms with Gasteiger partial charge in [0.1, 0.15) is 0 Å². The van der Waals surface area contributed by atoms with Crippen LogP contribution in [0.4, 0.5) is 5.69 Å². The molecule has 0 fully saturated rings. The topological polar surface area (TPSA) is 60.2 Å². The highest BCUT2D eigenvalue weighted by Gasteiger charge is 2.15. The highest BCUT2D eigenvalue weighted by Crippen LogP contribution is 2.23. The van der Waals surface area contributed by atoms with Crippen LogP contribution in [0.25, 0.3) is 0 Å². The molecule has 0 saturated heterocycles. The molecule has 1 aromatic rings. The van der Waals surface area contributed by atoms with Crippen molar-refractivity contribution in [2.24, 2.45) is 0 Å². The molecule has 0 aliphatic carbocycles. The Kier molecular flexibility index (Phi) is 7.44. The Balaban J connectivity index is 2.63. The van der Waals surface area contributed by atoms with Crippen LogP contribution < -0.4 is 0 Å². The van der Waals surface area contributed by atoms with Gasteiger partial charge < -0.3 is 0 Å². The first-order valence-corrected chi connectivity index (χ1v) is 7.82. The normalized spacial score (nSPS) is 10.5. The lowest BCUT2D eigenvalue weighted by Gasteiger charge is -2.05. The highest BCUT2D eigenvalue weighted by atomic mass is 79.9. The lowest BCUT2D eigenvalue weighted by atomic mass is 10.0. The number of aryl methyl sites for hydroxylation is 1. The van der Waals surface area contributed by atoms with E-state index in [2.05, 4.69) is 22.9 Å². The predicted molar refractivity (Wildman–Crippen MR) is 83.4 cm³/mol. The summed E-state index contributed by atoms with van der Waals surface area (Å²) in [5.41, 5.74) is 1.23. The molecule has 0 unspecified atom stereocenters. The third-order valence-corrected chi connectivity index (χ3v) is 3.76. The van der Waals surface area contributed by atoms with Crippen LogP contribution in [0.2, 0.25) is 0 Å². The minimum atomic E-state index is -0.380. The fourth-order valence-corrected chi connectivity index (χ4v) is 2.43. The Bertz CT molecular complexity index is 474. The molecule has 5 heteroatoms.